The molecule has 0 spiro atoms. The Morgan fingerprint density at radius 1 is 0.266 bits per heavy atom. The van der Waals surface area contributed by atoms with E-state index in [0.717, 1.165) is 108 Å². The van der Waals surface area contributed by atoms with Crippen molar-refractivity contribution < 1.29 is 80.2 Å². The lowest BCUT2D eigenvalue weighted by molar-refractivity contribution is -0.161. The number of hydrogen-bond acceptors (Lipinski definition) is 15. The van der Waals surface area contributed by atoms with Crippen molar-refractivity contribution in [3.8, 4) is 0 Å². The number of rotatable bonds is 88. The van der Waals surface area contributed by atoms with Crippen LogP contribution in [0.15, 0.2) is 0 Å². The van der Waals surface area contributed by atoms with Crippen LogP contribution >= 0.6 is 15.6 Å². The van der Waals surface area contributed by atoms with Gasteiger partial charge in [-0.1, -0.05) is 427 Å². The first kappa shape index (κ1) is 107. The van der Waals surface area contributed by atoms with Crippen molar-refractivity contribution in [3.05, 3.63) is 0 Å². The van der Waals surface area contributed by atoms with E-state index in [9.17, 15) is 43.2 Å². The number of aliphatic hydroxyl groups is 1. The van der Waals surface area contributed by atoms with E-state index in [-0.39, 0.29) is 25.7 Å². The maximum atomic E-state index is 13.2. The lowest BCUT2D eigenvalue weighted by Gasteiger charge is -2.21. The lowest BCUT2D eigenvalue weighted by Crippen LogP contribution is -2.30. The van der Waals surface area contributed by atoms with E-state index in [4.69, 9.17) is 37.0 Å². The average Bonchev–Trinajstić information content (AvgIpc) is 0.898. The highest BCUT2D eigenvalue weighted by Crippen LogP contribution is 2.45. The summed E-state index contributed by atoms with van der Waals surface area (Å²) in [6.45, 7) is 12.1. The Hall–Kier alpha value is -1.94. The van der Waals surface area contributed by atoms with Gasteiger partial charge in [0, 0.05) is 25.7 Å². The molecule has 0 aliphatic carbocycles. The van der Waals surface area contributed by atoms with E-state index in [2.05, 4.69) is 48.5 Å². The first-order valence-electron chi connectivity index (χ1n) is 46.4. The topological polar surface area (TPSA) is 237 Å². The molecule has 0 bridgehead atoms. The number of ether oxygens (including phenoxy) is 4. The number of carbonyl (C=O) groups is 4. The van der Waals surface area contributed by atoms with E-state index in [1.165, 1.54) is 289 Å². The maximum absolute atomic E-state index is 13.2. The molecule has 6 atom stereocenters. The molecular formula is C90H176O17P2. The monoisotopic (exact) mass is 1590 g/mol. The van der Waals surface area contributed by atoms with Gasteiger partial charge in [0.1, 0.15) is 19.3 Å². The van der Waals surface area contributed by atoms with E-state index >= 15 is 0 Å². The van der Waals surface area contributed by atoms with E-state index in [1.54, 1.807) is 0 Å². The summed E-state index contributed by atoms with van der Waals surface area (Å²) in [5.74, 6) is 0.300. The predicted molar refractivity (Wildman–Crippen MR) is 451 cm³/mol. The Labute approximate surface area is 670 Å². The summed E-state index contributed by atoms with van der Waals surface area (Å²) in [4.78, 5) is 73.4. The fourth-order valence-corrected chi connectivity index (χ4v) is 15.6. The first-order chi connectivity index (χ1) is 52.8. The number of carbonyl (C=O) groups excluding carboxylic acids is 4. The summed E-state index contributed by atoms with van der Waals surface area (Å²) >= 11 is 0. The summed E-state index contributed by atoms with van der Waals surface area (Å²) in [6, 6.07) is 0. The molecule has 0 aromatic heterocycles. The largest absolute Gasteiger partial charge is 0.472 e. The molecule has 109 heavy (non-hydrogen) atoms. The molecule has 0 fully saturated rings. The minimum absolute atomic E-state index is 0.108. The van der Waals surface area contributed by atoms with Crippen LogP contribution in [-0.2, 0) is 65.4 Å². The van der Waals surface area contributed by atoms with Crippen molar-refractivity contribution in [2.24, 2.45) is 17.8 Å². The highest BCUT2D eigenvalue weighted by atomic mass is 31.2. The third kappa shape index (κ3) is 82.4. The van der Waals surface area contributed by atoms with Gasteiger partial charge in [0.15, 0.2) is 12.2 Å². The smallest absolute Gasteiger partial charge is 0.462 e. The van der Waals surface area contributed by atoms with Crippen LogP contribution in [0.1, 0.15) is 479 Å². The molecule has 0 aliphatic heterocycles. The fourth-order valence-electron chi connectivity index (χ4n) is 14.0. The second kappa shape index (κ2) is 79.9. The van der Waals surface area contributed by atoms with Crippen molar-refractivity contribution in [2.45, 2.75) is 497 Å². The number of phosphoric acid groups is 2. The quantitative estimate of drug-likeness (QED) is 0.0222. The lowest BCUT2D eigenvalue weighted by atomic mass is 9.99. The van der Waals surface area contributed by atoms with Crippen LogP contribution in [0.3, 0.4) is 0 Å². The summed E-state index contributed by atoms with van der Waals surface area (Å²) in [5.41, 5.74) is 0. The third-order valence-electron chi connectivity index (χ3n) is 21.5. The predicted octanol–water partition coefficient (Wildman–Crippen LogP) is 27.6. The Balaban J connectivity index is 5.26. The van der Waals surface area contributed by atoms with Crippen LogP contribution in [0.2, 0.25) is 0 Å². The van der Waals surface area contributed by atoms with Crippen LogP contribution in [0, 0.1) is 17.8 Å². The van der Waals surface area contributed by atoms with Crippen molar-refractivity contribution in [1.82, 2.24) is 0 Å². The Morgan fingerprint density at radius 2 is 0.468 bits per heavy atom. The van der Waals surface area contributed by atoms with Crippen LogP contribution in [0.4, 0.5) is 0 Å². The fraction of sp³-hybridized carbons (Fsp3) is 0.956. The summed E-state index contributed by atoms with van der Waals surface area (Å²) in [5, 5.41) is 10.7. The van der Waals surface area contributed by atoms with Crippen LogP contribution < -0.4 is 0 Å². The van der Waals surface area contributed by atoms with E-state index in [1.807, 2.05) is 0 Å². The molecule has 0 heterocycles. The molecule has 17 nitrogen and oxygen atoms in total. The van der Waals surface area contributed by atoms with Crippen LogP contribution in [0.5, 0.6) is 0 Å². The van der Waals surface area contributed by atoms with Crippen LogP contribution in [-0.4, -0.2) is 96.7 Å². The molecule has 3 unspecified atom stereocenters. The molecule has 0 rings (SSSR count). The van der Waals surface area contributed by atoms with Gasteiger partial charge >= 0.3 is 39.5 Å². The Kier molecular flexibility index (Phi) is 78.5. The normalized spacial score (nSPS) is 14.1. The minimum Gasteiger partial charge on any atom is -0.462 e. The molecule has 0 saturated carbocycles. The van der Waals surface area contributed by atoms with Gasteiger partial charge in [0.05, 0.1) is 26.4 Å². The Bertz CT molecular complexity index is 2100. The molecule has 0 aliphatic rings. The highest BCUT2D eigenvalue weighted by Gasteiger charge is 2.31. The molecule has 0 radical (unpaired) electrons. The standard InChI is InChI=1S/C90H176O17P2/c1-8-10-11-12-13-14-15-16-17-18-19-20-28-33-38-43-52-59-66-74-90(95)107-86(78-101-88(93)72-65-58-51-46-45-49-56-63-70-83(7)9-2)80-105-109(98,99)103-76-84(91)75-102-108(96,97)104-79-85(106-89(94)73-67-60-53-44-39-34-29-24-22-26-31-36-41-48-55-62-69-82(5)6)77-100-87(92)71-64-57-50-42-37-32-27-23-21-25-30-35-40-47-54-61-68-81(3)4/h81-86,91H,8-80H2,1-7H3,(H,96,97)(H,98,99)/t83?,84-,85-,86-/m1/s1. The van der Waals surface area contributed by atoms with E-state index < -0.39 is 97.5 Å². The van der Waals surface area contributed by atoms with Crippen molar-refractivity contribution in [3.63, 3.8) is 0 Å². The zero-order valence-corrected chi connectivity index (χ0v) is 73.8. The van der Waals surface area contributed by atoms with Gasteiger partial charge in [0.2, 0.25) is 0 Å². The molecular weight excluding hydrogens is 1410 g/mol. The van der Waals surface area contributed by atoms with Gasteiger partial charge in [-0.05, 0) is 43.4 Å². The Morgan fingerprint density at radius 3 is 0.697 bits per heavy atom. The van der Waals surface area contributed by atoms with Gasteiger partial charge in [-0.3, -0.25) is 37.3 Å². The van der Waals surface area contributed by atoms with Gasteiger partial charge in [-0.2, -0.15) is 0 Å². The maximum Gasteiger partial charge on any atom is 0.472 e. The van der Waals surface area contributed by atoms with E-state index in [0.29, 0.717) is 25.7 Å². The van der Waals surface area contributed by atoms with Gasteiger partial charge in [0.25, 0.3) is 0 Å². The minimum atomic E-state index is -4.97. The van der Waals surface area contributed by atoms with Crippen molar-refractivity contribution >= 4 is 39.5 Å². The van der Waals surface area contributed by atoms with Crippen molar-refractivity contribution in [2.75, 3.05) is 39.6 Å². The molecule has 0 aromatic carbocycles. The van der Waals surface area contributed by atoms with Gasteiger partial charge in [-0.25, -0.2) is 9.13 Å². The summed E-state index contributed by atoms with van der Waals surface area (Å²) in [7, 11) is -9.94. The summed E-state index contributed by atoms with van der Waals surface area (Å²) < 4.78 is 69.1. The number of hydrogen-bond donors (Lipinski definition) is 3. The van der Waals surface area contributed by atoms with Crippen LogP contribution in [0.25, 0.3) is 0 Å². The van der Waals surface area contributed by atoms with Gasteiger partial charge < -0.3 is 33.8 Å². The van der Waals surface area contributed by atoms with Crippen molar-refractivity contribution in [1.29, 1.82) is 0 Å². The molecule has 648 valence electrons. The molecule has 0 amide bonds. The first-order valence-corrected chi connectivity index (χ1v) is 49.4. The zero-order chi connectivity index (χ0) is 80.0. The highest BCUT2D eigenvalue weighted by molar-refractivity contribution is 7.47. The zero-order valence-electron chi connectivity index (χ0n) is 72.0. The molecule has 0 saturated heterocycles. The summed E-state index contributed by atoms with van der Waals surface area (Å²) in [6.07, 6.45) is 72.2. The second-order valence-corrected chi connectivity index (χ2v) is 36.4. The second-order valence-electron chi connectivity index (χ2n) is 33.5. The number of esters is 4. The number of aliphatic hydroxyl groups excluding tert-OH is 1. The molecule has 0 aromatic rings. The third-order valence-corrected chi connectivity index (χ3v) is 23.4. The average molecular weight is 1590 g/mol. The number of phosphoric ester groups is 2. The SMILES string of the molecule is CCCCCCCCCCCCCCCCCCCCCC(=O)O[C@H](COC(=O)CCCCCCCCCCC(C)CC)COP(=O)(O)OC[C@H](O)COP(=O)(O)OC[C@@H](COC(=O)CCCCCCCCCCCCCCCCCCC(C)C)OC(=O)CCCCCCCCCCCCCCCCCCC(C)C. The number of unbranched alkanes of at least 4 members (excludes halogenated alkanes) is 55. The van der Waals surface area contributed by atoms with Gasteiger partial charge in [-0.15, -0.1) is 0 Å². The molecule has 3 N–H and O–H groups in total. The molecule has 19 heteroatoms.